The predicted octanol–water partition coefficient (Wildman–Crippen LogP) is 0.705. The zero-order valence-electron chi connectivity index (χ0n) is 10.8. The number of thioether (sulfide) groups is 1. The Morgan fingerprint density at radius 3 is 3.39 bits per heavy atom. The molecule has 1 N–H and O–H groups in total. The lowest BCUT2D eigenvalue weighted by molar-refractivity contribution is -0.0785. The average molecular weight is 268 g/mol. The normalized spacial score (nSPS) is 32.2. The van der Waals surface area contributed by atoms with Crippen LogP contribution in [-0.2, 0) is 17.7 Å². The summed E-state index contributed by atoms with van der Waals surface area (Å²) in [5, 5.41) is 7.87. The first-order valence-electron chi connectivity index (χ1n) is 6.66. The van der Waals surface area contributed by atoms with E-state index in [4.69, 9.17) is 4.74 Å². The summed E-state index contributed by atoms with van der Waals surface area (Å²) in [6.07, 6.45) is 3.71. The van der Waals surface area contributed by atoms with E-state index in [9.17, 15) is 0 Å². The van der Waals surface area contributed by atoms with E-state index in [1.165, 1.54) is 5.75 Å². The third-order valence-electron chi connectivity index (χ3n) is 3.92. The van der Waals surface area contributed by atoms with Crippen LogP contribution in [0.3, 0.4) is 0 Å². The van der Waals surface area contributed by atoms with Gasteiger partial charge in [-0.2, -0.15) is 16.9 Å². The van der Waals surface area contributed by atoms with E-state index in [1.54, 1.807) is 6.33 Å². The van der Waals surface area contributed by atoms with Crippen molar-refractivity contribution in [1.82, 2.24) is 20.1 Å². The number of ether oxygens (including phenoxy) is 1. The fourth-order valence-corrected chi connectivity index (χ4v) is 4.28. The Morgan fingerprint density at radius 2 is 2.61 bits per heavy atom. The van der Waals surface area contributed by atoms with E-state index < -0.39 is 0 Å². The van der Waals surface area contributed by atoms with Gasteiger partial charge >= 0.3 is 0 Å². The highest BCUT2D eigenvalue weighted by molar-refractivity contribution is 7.99. The highest BCUT2D eigenvalue weighted by atomic mass is 32.2. The maximum atomic E-state index is 6.12. The lowest BCUT2D eigenvalue weighted by Gasteiger charge is -2.41. The van der Waals surface area contributed by atoms with Gasteiger partial charge in [-0.05, 0) is 19.1 Å². The van der Waals surface area contributed by atoms with Crippen LogP contribution in [0.1, 0.15) is 19.2 Å². The van der Waals surface area contributed by atoms with Crippen LogP contribution in [0.25, 0.3) is 0 Å². The summed E-state index contributed by atoms with van der Waals surface area (Å²) >= 11 is 2.00. The molecule has 2 fully saturated rings. The molecule has 1 spiro atoms. The number of nitrogens with zero attached hydrogens (tertiary/aromatic N) is 3. The van der Waals surface area contributed by atoms with E-state index in [0.29, 0.717) is 6.04 Å². The first kappa shape index (κ1) is 12.4. The molecule has 0 amide bonds. The second kappa shape index (κ2) is 5.19. The molecule has 0 aliphatic carbocycles. The molecule has 3 heterocycles. The summed E-state index contributed by atoms with van der Waals surface area (Å²) in [6.45, 7) is 4.75. The zero-order chi connectivity index (χ0) is 12.4. The van der Waals surface area contributed by atoms with Gasteiger partial charge in [0.05, 0.1) is 12.2 Å². The van der Waals surface area contributed by atoms with Crippen LogP contribution in [0.2, 0.25) is 0 Å². The van der Waals surface area contributed by atoms with Gasteiger partial charge in [-0.25, -0.2) is 4.98 Å². The highest BCUT2D eigenvalue weighted by Crippen LogP contribution is 2.36. The SMILES string of the molecule is CCn1ncnc1CC1NCCOC12CCSC2. The van der Waals surface area contributed by atoms with E-state index in [2.05, 4.69) is 22.3 Å². The Balaban J connectivity index is 1.77. The van der Waals surface area contributed by atoms with Crippen LogP contribution in [0.15, 0.2) is 6.33 Å². The minimum Gasteiger partial charge on any atom is -0.371 e. The van der Waals surface area contributed by atoms with Gasteiger partial charge in [0, 0.05) is 31.3 Å². The Labute approximate surface area is 112 Å². The van der Waals surface area contributed by atoms with Crippen molar-refractivity contribution in [2.24, 2.45) is 0 Å². The Bertz CT molecular complexity index is 403. The smallest absolute Gasteiger partial charge is 0.138 e. The molecule has 0 saturated carbocycles. The van der Waals surface area contributed by atoms with Crippen molar-refractivity contribution in [3.63, 3.8) is 0 Å². The van der Waals surface area contributed by atoms with Crippen LogP contribution < -0.4 is 5.32 Å². The van der Waals surface area contributed by atoms with Gasteiger partial charge in [-0.1, -0.05) is 0 Å². The molecule has 2 aliphatic heterocycles. The zero-order valence-corrected chi connectivity index (χ0v) is 11.6. The van der Waals surface area contributed by atoms with Gasteiger partial charge in [0.2, 0.25) is 0 Å². The van der Waals surface area contributed by atoms with E-state index in [1.807, 2.05) is 16.4 Å². The second-order valence-electron chi connectivity index (χ2n) is 4.92. The number of aromatic nitrogens is 3. The molecule has 0 aromatic carbocycles. The molecule has 100 valence electrons. The Morgan fingerprint density at radius 1 is 1.67 bits per heavy atom. The van der Waals surface area contributed by atoms with Crippen molar-refractivity contribution >= 4 is 11.8 Å². The summed E-state index contributed by atoms with van der Waals surface area (Å²) in [5.41, 5.74) is 0.0213. The molecule has 2 aliphatic rings. The number of aryl methyl sites for hydroxylation is 1. The van der Waals surface area contributed by atoms with Crippen LogP contribution in [0, 0.1) is 0 Å². The molecule has 2 atom stereocenters. The lowest BCUT2D eigenvalue weighted by atomic mass is 9.89. The minimum atomic E-state index is 0.0213. The van der Waals surface area contributed by atoms with E-state index in [0.717, 1.165) is 44.1 Å². The van der Waals surface area contributed by atoms with Gasteiger partial charge in [-0.15, -0.1) is 0 Å². The summed E-state index contributed by atoms with van der Waals surface area (Å²) < 4.78 is 8.10. The van der Waals surface area contributed by atoms with E-state index in [-0.39, 0.29) is 5.60 Å². The maximum absolute atomic E-state index is 6.12. The number of rotatable bonds is 3. The summed E-state index contributed by atoms with van der Waals surface area (Å²) in [6, 6.07) is 0.371. The van der Waals surface area contributed by atoms with Crippen molar-refractivity contribution in [2.45, 2.75) is 38.0 Å². The van der Waals surface area contributed by atoms with Gasteiger partial charge in [-0.3, -0.25) is 4.68 Å². The number of morpholine rings is 1. The van der Waals surface area contributed by atoms with Crippen LogP contribution in [0.5, 0.6) is 0 Å². The van der Waals surface area contributed by atoms with Crippen molar-refractivity contribution in [1.29, 1.82) is 0 Å². The molecule has 0 bridgehead atoms. The minimum absolute atomic E-state index is 0.0213. The summed E-state index contributed by atoms with van der Waals surface area (Å²) in [7, 11) is 0. The summed E-state index contributed by atoms with van der Waals surface area (Å²) in [4.78, 5) is 4.39. The fraction of sp³-hybridized carbons (Fsp3) is 0.833. The quantitative estimate of drug-likeness (QED) is 0.875. The Kier molecular flexibility index (Phi) is 3.59. The summed E-state index contributed by atoms with van der Waals surface area (Å²) in [5.74, 6) is 3.38. The molecule has 5 nitrogen and oxygen atoms in total. The topological polar surface area (TPSA) is 52.0 Å². The molecule has 2 unspecified atom stereocenters. The van der Waals surface area contributed by atoms with Gasteiger partial charge in [0.15, 0.2) is 0 Å². The van der Waals surface area contributed by atoms with Gasteiger partial charge in [0.25, 0.3) is 0 Å². The predicted molar refractivity (Wildman–Crippen MR) is 71.8 cm³/mol. The van der Waals surface area contributed by atoms with Gasteiger partial charge < -0.3 is 10.1 Å². The second-order valence-corrected chi connectivity index (χ2v) is 6.02. The molecule has 3 rings (SSSR count). The standard InChI is InChI=1S/C12H20N4OS/c1-2-16-11(14-9-15-16)7-10-12(3-6-18-8-12)17-5-4-13-10/h9-10,13H,2-8H2,1H3. The highest BCUT2D eigenvalue weighted by Gasteiger charge is 2.45. The van der Waals surface area contributed by atoms with Gasteiger partial charge in [0.1, 0.15) is 12.2 Å². The molecule has 2 saturated heterocycles. The largest absolute Gasteiger partial charge is 0.371 e. The number of nitrogens with one attached hydrogen (secondary N) is 1. The van der Waals surface area contributed by atoms with Crippen LogP contribution in [-0.4, -0.2) is 51.1 Å². The van der Waals surface area contributed by atoms with Crippen molar-refractivity contribution in [3.8, 4) is 0 Å². The van der Waals surface area contributed by atoms with Crippen LogP contribution in [0.4, 0.5) is 0 Å². The third kappa shape index (κ3) is 2.17. The number of hydrogen-bond donors (Lipinski definition) is 1. The maximum Gasteiger partial charge on any atom is 0.138 e. The lowest BCUT2D eigenvalue weighted by Crippen LogP contribution is -2.59. The third-order valence-corrected chi connectivity index (χ3v) is 5.10. The molecule has 18 heavy (non-hydrogen) atoms. The molecule has 1 aromatic heterocycles. The van der Waals surface area contributed by atoms with Crippen molar-refractivity contribution < 1.29 is 4.74 Å². The molecular formula is C12H20N4OS. The first-order valence-corrected chi connectivity index (χ1v) is 7.81. The number of hydrogen-bond acceptors (Lipinski definition) is 5. The van der Waals surface area contributed by atoms with Crippen LogP contribution >= 0.6 is 11.8 Å². The molecule has 6 heteroatoms. The average Bonchev–Trinajstić information content (AvgIpc) is 3.02. The van der Waals surface area contributed by atoms with E-state index >= 15 is 0 Å². The molecule has 1 aromatic rings. The first-order chi connectivity index (χ1) is 8.84. The molecule has 0 radical (unpaired) electrons. The monoisotopic (exact) mass is 268 g/mol. The van der Waals surface area contributed by atoms with Crippen molar-refractivity contribution in [2.75, 3.05) is 24.7 Å². The van der Waals surface area contributed by atoms with Crippen molar-refractivity contribution in [3.05, 3.63) is 12.2 Å². The fourth-order valence-electron chi connectivity index (χ4n) is 2.88. The Hall–Kier alpha value is -0.590. The molecular weight excluding hydrogens is 248 g/mol.